The maximum Gasteiger partial charge on any atom is 0.317 e. The highest BCUT2D eigenvalue weighted by atomic mass is 16.3. The Balaban J connectivity index is 1.24. The monoisotopic (exact) mass is 397 g/mol. The maximum atomic E-state index is 12.7. The van der Waals surface area contributed by atoms with Gasteiger partial charge in [0.05, 0.1) is 12.3 Å². The molecule has 1 aromatic carbocycles. The average molecular weight is 398 g/mol. The van der Waals surface area contributed by atoms with Gasteiger partial charge < -0.3 is 15.3 Å². The third kappa shape index (κ3) is 4.79. The van der Waals surface area contributed by atoms with E-state index in [0.29, 0.717) is 6.54 Å². The van der Waals surface area contributed by atoms with E-state index in [9.17, 15) is 9.90 Å². The van der Waals surface area contributed by atoms with Gasteiger partial charge in [0.2, 0.25) is 0 Å². The Bertz CT molecular complexity index is 777. The third-order valence-electron chi connectivity index (χ3n) is 6.19. The highest BCUT2D eigenvalue weighted by Gasteiger charge is 2.33. The van der Waals surface area contributed by atoms with Crippen LogP contribution >= 0.6 is 0 Å². The van der Waals surface area contributed by atoms with Crippen LogP contribution in [0.1, 0.15) is 31.2 Å². The number of rotatable bonds is 7. The van der Waals surface area contributed by atoms with Gasteiger partial charge in [-0.3, -0.25) is 4.90 Å². The number of aliphatic hydroxyl groups is 1. The average Bonchev–Trinajstić information content (AvgIpc) is 3.51. The van der Waals surface area contributed by atoms with Gasteiger partial charge in [0.1, 0.15) is 0 Å². The first kappa shape index (κ1) is 19.9. The van der Waals surface area contributed by atoms with E-state index in [1.165, 1.54) is 5.56 Å². The van der Waals surface area contributed by atoms with Crippen LogP contribution in [0.2, 0.25) is 0 Å². The van der Waals surface area contributed by atoms with Gasteiger partial charge in [-0.25, -0.2) is 9.48 Å². The number of hydrogen-bond donors (Lipinski definition) is 2. The summed E-state index contributed by atoms with van der Waals surface area (Å²) < 4.78 is 1.83. The van der Waals surface area contributed by atoms with Crippen molar-refractivity contribution < 1.29 is 9.90 Å². The van der Waals surface area contributed by atoms with Crippen molar-refractivity contribution in [1.82, 2.24) is 24.9 Å². The van der Waals surface area contributed by atoms with Crippen molar-refractivity contribution in [3.05, 3.63) is 48.3 Å². The topological polar surface area (TPSA) is 73.6 Å². The molecule has 2 aliphatic rings. The van der Waals surface area contributed by atoms with Gasteiger partial charge in [0.15, 0.2) is 0 Å². The summed E-state index contributed by atoms with van der Waals surface area (Å²) in [6.45, 7) is 3.59. The van der Waals surface area contributed by atoms with Crippen LogP contribution in [0.5, 0.6) is 0 Å². The smallest absolute Gasteiger partial charge is 0.317 e. The molecule has 3 heterocycles. The summed E-state index contributed by atoms with van der Waals surface area (Å²) in [7, 11) is 0. The lowest BCUT2D eigenvalue weighted by Crippen LogP contribution is -2.49. The van der Waals surface area contributed by atoms with E-state index in [-0.39, 0.29) is 24.7 Å². The SMILES string of the molecule is O=C(NCCc1ccc(-n2cccn2)cc1)N1CCCC1CN1CCCC1CO. The number of nitrogens with one attached hydrogen (secondary N) is 1. The Labute approximate surface area is 172 Å². The second-order valence-electron chi connectivity index (χ2n) is 8.06. The molecular weight excluding hydrogens is 366 g/mol. The molecule has 0 saturated carbocycles. The van der Waals surface area contributed by atoms with Gasteiger partial charge in [0, 0.05) is 44.1 Å². The first-order valence-corrected chi connectivity index (χ1v) is 10.7. The lowest BCUT2D eigenvalue weighted by atomic mass is 10.1. The predicted octanol–water partition coefficient (Wildman–Crippen LogP) is 2.05. The molecular formula is C22H31N5O2. The minimum Gasteiger partial charge on any atom is -0.395 e. The molecule has 2 unspecified atom stereocenters. The lowest BCUT2D eigenvalue weighted by Gasteiger charge is -2.31. The summed E-state index contributed by atoms with van der Waals surface area (Å²) in [4.78, 5) is 17.1. The fourth-order valence-electron chi connectivity index (χ4n) is 4.56. The molecule has 4 rings (SSSR count). The van der Waals surface area contributed by atoms with Crippen molar-refractivity contribution in [1.29, 1.82) is 0 Å². The van der Waals surface area contributed by atoms with Gasteiger partial charge in [-0.15, -0.1) is 0 Å². The van der Waals surface area contributed by atoms with E-state index in [1.54, 1.807) is 6.20 Å². The molecule has 0 spiro atoms. The van der Waals surface area contributed by atoms with E-state index in [4.69, 9.17) is 0 Å². The molecule has 7 heteroatoms. The first-order chi connectivity index (χ1) is 14.2. The first-order valence-electron chi connectivity index (χ1n) is 10.7. The van der Waals surface area contributed by atoms with Gasteiger partial charge in [0.25, 0.3) is 0 Å². The van der Waals surface area contributed by atoms with Crippen molar-refractivity contribution in [2.24, 2.45) is 0 Å². The van der Waals surface area contributed by atoms with Gasteiger partial charge in [-0.1, -0.05) is 12.1 Å². The number of benzene rings is 1. The van der Waals surface area contributed by atoms with Crippen LogP contribution in [0.25, 0.3) is 5.69 Å². The van der Waals surface area contributed by atoms with Gasteiger partial charge in [-0.05, 0) is 62.4 Å². The molecule has 0 aliphatic carbocycles. The molecule has 2 saturated heterocycles. The fraction of sp³-hybridized carbons (Fsp3) is 0.545. The number of carbonyl (C=O) groups is 1. The Morgan fingerprint density at radius 2 is 1.93 bits per heavy atom. The number of hydrogen-bond acceptors (Lipinski definition) is 4. The zero-order chi connectivity index (χ0) is 20.1. The van der Waals surface area contributed by atoms with Crippen molar-refractivity contribution in [2.45, 2.75) is 44.2 Å². The van der Waals surface area contributed by atoms with E-state index in [0.717, 1.165) is 57.4 Å². The van der Waals surface area contributed by atoms with Crippen LogP contribution in [-0.4, -0.2) is 75.6 Å². The van der Waals surface area contributed by atoms with E-state index in [2.05, 4.69) is 27.4 Å². The summed E-state index contributed by atoms with van der Waals surface area (Å²) >= 11 is 0. The van der Waals surface area contributed by atoms with E-state index in [1.807, 2.05) is 34.0 Å². The van der Waals surface area contributed by atoms with Crippen molar-refractivity contribution >= 4 is 6.03 Å². The van der Waals surface area contributed by atoms with Crippen molar-refractivity contribution in [3.63, 3.8) is 0 Å². The quantitative estimate of drug-likeness (QED) is 0.750. The Morgan fingerprint density at radius 3 is 2.69 bits per heavy atom. The van der Waals surface area contributed by atoms with E-state index >= 15 is 0 Å². The number of urea groups is 1. The molecule has 1 aromatic heterocycles. The van der Waals surface area contributed by atoms with Crippen molar-refractivity contribution in [3.8, 4) is 5.69 Å². The minimum atomic E-state index is 0.0420. The normalized spacial score (nSPS) is 22.3. The zero-order valence-electron chi connectivity index (χ0n) is 16.9. The zero-order valence-corrected chi connectivity index (χ0v) is 16.9. The molecule has 2 fully saturated rings. The molecule has 156 valence electrons. The Morgan fingerprint density at radius 1 is 1.14 bits per heavy atom. The number of carbonyl (C=O) groups excluding carboxylic acids is 1. The van der Waals surface area contributed by atoms with Crippen LogP contribution in [0.4, 0.5) is 4.79 Å². The second-order valence-corrected chi connectivity index (χ2v) is 8.06. The number of aliphatic hydroxyl groups excluding tert-OH is 1. The highest BCUT2D eigenvalue weighted by Crippen LogP contribution is 2.23. The largest absolute Gasteiger partial charge is 0.395 e. The second kappa shape index (κ2) is 9.41. The lowest BCUT2D eigenvalue weighted by molar-refractivity contribution is 0.127. The van der Waals surface area contributed by atoms with Crippen LogP contribution in [-0.2, 0) is 6.42 Å². The molecule has 2 N–H and O–H groups in total. The fourth-order valence-corrected chi connectivity index (χ4v) is 4.56. The maximum absolute atomic E-state index is 12.7. The summed E-state index contributed by atoms with van der Waals surface area (Å²) in [5.74, 6) is 0. The predicted molar refractivity (Wildman–Crippen MR) is 112 cm³/mol. The molecule has 2 aromatic rings. The summed E-state index contributed by atoms with van der Waals surface area (Å²) in [5.41, 5.74) is 2.23. The Hall–Kier alpha value is -2.38. The molecule has 2 aliphatic heterocycles. The van der Waals surface area contributed by atoms with Crippen LogP contribution in [0, 0.1) is 0 Å². The number of amides is 2. The summed E-state index contributed by atoms with van der Waals surface area (Å²) in [6, 6.07) is 10.8. The molecule has 29 heavy (non-hydrogen) atoms. The number of aromatic nitrogens is 2. The summed E-state index contributed by atoms with van der Waals surface area (Å²) in [6.07, 6.45) is 8.82. The molecule has 2 amide bonds. The molecule has 7 nitrogen and oxygen atoms in total. The number of nitrogens with zero attached hydrogens (tertiary/aromatic N) is 4. The molecule has 0 bridgehead atoms. The van der Waals surface area contributed by atoms with Crippen LogP contribution < -0.4 is 5.32 Å². The van der Waals surface area contributed by atoms with Gasteiger partial charge >= 0.3 is 6.03 Å². The van der Waals surface area contributed by atoms with Crippen LogP contribution in [0.15, 0.2) is 42.7 Å². The number of likely N-dealkylation sites (tertiary alicyclic amines) is 2. The summed E-state index contributed by atoms with van der Waals surface area (Å²) in [5, 5.41) is 16.9. The van der Waals surface area contributed by atoms with Crippen molar-refractivity contribution in [2.75, 3.05) is 32.8 Å². The highest BCUT2D eigenvalue weighted by molar-refractivity contribution is 5.74. The third-order valence-corrected chi connectivity index (χ3v) is 6.19. The molecule has 2 atom stereocenters. The Kier molecular flexibility index (Phi) is 6.46. The van der Waals surface area contributed by atoms with E-state index < -0.39 is 0 Å². The van der Waals surface area contributed by atoms with Crippen LogP contribution in [0.3, 0.4) is 0 Å². The molecule has 0 radical (unpaired) electrons. The van der Waals surface area contributed by atoms with Gasteiger partial charge in [-0.2, -0.15) is 5.10 Å². The standard InChI is InChI=1S/C22H31N5O2/c28-17-21-5-1-13-25(21)16-20-4-2-14-26(20)22(29)23-12-10-18-6-8-19(9-7-18)27-15-3-11-24-27/h3,6-9,11,15,20-21,28H,1-2,4-5,10,12-14,16-17H2,(H,23,29). The minimum absolute atomic E-state index is 0.0420.